The molecule has 7 heteroatoms. The first-order valence-corrected chi connectivity index (χ1v) is 6.58. The van der Waals surface area contributed by atoms with Gasteiger partial charge in [0, 0.05) is 6.54 Å². The fraction of sp³-hybridized carbons (Fsp3) is 0.143. The molecule has 0 aliphatic rings. The summed E-state index contributed by atoms with van der Waals surface area (Å²) in [5.74, 6) is 0.183. The molecule has 1 aromatic heterocycles. The smallest absolute Gasteiger partial charge is 0.275 e. The van der Waals surface area contributed by atoms with Gasteiger partial charge in [-0.3, -0.25) is 4.79 Å². The van der Waals surface area contributed by atoms with Gasteiger partial charge in [0.25, 0.3) is 5.91 Å². The first kappa shape index (κ1) is 14.8. The summed E-state index contributed by atoms with van der Waals surface area (Å²) in [7, 11) is 0. The van der Waals surface area contributed by atoms with Gasteiger partial charge >= 0.3 is 0 Å². The molecule has 0 spiro atoms. The molecule has 0 radical (unpaired) electrons. The molecule has 2 rings (SSSR count). The second-order valence-electron chi connectivity index (χ2n) is 4.08. The fourth-order valence-corrected chi connectivity index (χ4v) is 1.82. The van der Waals surface area contributed by atoms with E-state index >= 15 is 0 Å². The third kappa shape index (κ3) is 3.68. The highest BCUT2D eigenvalue weighted by molar-refractivity contribution is 6.34. The quantitative estimate of drug-likeness (QED) is 0.906. The van der Waals surface area contributed by atoms with E-state index in [1.54, 1.807) is 12.1 Å². The van der Waals surface area contributed by atoms with E-state index < -0.39 is 5.91 Å². The van der Waals surface area contributed by atoms with Gasteiger partial charge in [-0.2, -0.15) is 5.26 Å². The average molecular weight is 302 g/mol. The lowest BCUT2D eigenvalue weighted by atomic mass is 10.2. The van der Waals surface area contributed by atoms with Crippen molar-refractivity contribution in [3.63, 3.8) is 0 Å². The van der Waals surface area contributed by atoms with Gasteiger partial charge in [0.05, 0.1) is 34.7 Å². The second kappa shape index (κ2) is 6.68. The third-order valence-electron chi connectivity index (χ3n) is 2.59. The van der Waals surface area contributed by atoms with Gasteiger partial charge in [-0.05, 0) is 25.1 Å². The van der Waals surface area contributed by atoms with E-state index in [9.17, 15) is 4.79 Å². The topological polar surface area (TPSA) is 90.7 Å². The van der Waals surface area contributed by atoms with Crippen molar-refractivity contribution >= 4 is 29.0 Å². The molecule has 1 amide bonds. The van der Waals surface area contributed by atoms with Crippen LogP contribution in [0.3, 0.4) is 0 Å². The Morgan fingerprint density at radius 3 is 2.76 bits per heavy atom. The maximum atomic E-state index is 12.0. The number of aromatic nitrogens is 2. The summed E-state index contributed by atoms with van der Waals surface area (Å²) in [5.41, 5.74) is 1.02. The van der Waals surface area contributed by atoms with Gasteiger partial charge in [0.1, 0.15) is 11.5 Å². The second-order valence-corrected chi connectivity index (χ2v) is 4.48. The number of carbonyl (C=O) groups excluding carboxylic acids is 1. The average Bonchev–Trinajstić information content (AvgIpc) is 2.50. The monoisotopic (exact) mass is 301 g/mol. The van der Waals surface area contributed by atoms with Crippen molar-refractivity contribution < 1.29 is 4.79 Å². The molecule has 0 fully saturated rings. The Bertz CT molecular complexity index is 694. The summed E-state index contributed by atoms with van der Waals surface area (Å²) in [6.07, 6.45) is 2.86. The molecule has 0 unspecified atom stereocenters. The van der Waals surface area contributed by atoms with Crippen LogP contribution in [-0.4, -0.2) is 22.4 Å². The zero-order valence-electron chi connectivity index (χ0n) is 11.2. The molecule has 0 atom stereocenters. The van der Waals surface area contributed by atoms with Gasteiger partial charge in [-0.1, -0.05) is 11.6 Å². The molecule has 0 bridgehead atoms. The summed E-state index contributed by atoms with van der Waals surface area (Å²) >= 11 is 5.99. The third-order valence-corrected chi connectivity index (χ3v) is 2.90. The standard InChI is InChI=1S/C14H12ClN5O/c1-2-17-13-8-18-12(7-19-13)14(21)20-11-4-3-9(6-16)5-10(11)15/h3-5,7-8H,2H2,1H3,(H,17,19)(H,20,21). The zero-order valence-corrected chi connectivity index (χ0v) is 12.0. The molecule has 1 heterocycles. The number of nitriles is 1. The van der Waals surface area contributed by atoms with E-state index in [4.69, 9.17) is 16.9 Å². The first-order chi connectivity index (χ1) is 10.1. The van der Waals surface area contributed by atoms with Crippen LogP contribution >= 0.6 is 11.6 Å². The Morgan fingerprint density at radius 2 is 2.19 bits per heavy atom. The van der Waals surface area contributed by atoms with E-state index in [1.165, 1.54) is 18.5 Å². The highest BCUT2D eigenvalue weighted by atomic mass is 35.5. The Balaban J connectivity index is 2.12. The van der Waals surface area contributed by atoms with E-state index in [-0.39, 0.29) is 5.69 Å². The summed E-state index contributed by atoms with van der Waals surface area (Å²) in [6, 6.07) is 6.59. The molecule has 6 nitrogen and oxygen atoms in total. The van der Waals surface area contributed by atoms with E-state index in [0.29, 0.717) is 22.1 Å². The molecule has 0 aliphatic heterocycles. The largest absolute Gasteiger partial charge is 0.369 e. The van der Waals surface area contributed by atoms with Crippen molar-refractivity contribution in [1.82, 2.24) is 9.97 Å². The number of hydrogen-bond acceptors (Lipinski definition) is 5. The summed E-state index contributed by atoms with van der Waals surface area (Å²) < 4.78 is 0. The van der Waals surface area contributed by atoms with Crippen LogP contribution in [0.25, 0.3) is 0 Å². The maximum absolute atomic E-state index is 12.0. The Kier molecular flexibility index (Phi) is 4.69. The lowest BCUT2D eigenvalue weighted by molar-refractivity contribution is 0.102. The lowest BCUT2D eigenvalue weighted by Gasteiger charge is -2.07. The summed E-state index contributed by atoms with van der Waals surface area (Å²) in [5, 5.41) is 14.7. The summed E-state index contributed by atoms with van der Waals surface area (Å²) in [4.78, 5) is 20.1. The van der Waals surface area contributed by atoms with Crippen molar-refractivity contribution in [1.29, 1.82) is 5.26 Å². The number of nitrogens with zero attached hydrogens (tertiary/aromatic N) is 3. The summed E-state index contributed by atoms with van der Waals surface area (Å²) in [6.45, 7) is 2.66. The van der Waals surface area contributed by atoms with Crippen LogP contribution in [0.2, 0.25) is 5.02 Å². The number of anilines is 2. The number of amides is 1. The van der Waals surface area contributed by atoms with Crippen LogP contribution < -0.4 is 10.6 Å². The van der Waals surface area contributed by atoms with Crippen LogP contribution in [0.15, 0.2) is 30.6 Å². The van der Waals surface area contributed by atoms with Crippen LogP contribution in [0, 0.1) is 11.3 Å². The first-order valence-electron chi connectivity index (χ1n) is 6.21. The van der Waals surface area contributed by atoms with E-state index in [0.717, 1.165) is 6.54 Å². The molecule has 1 aromatic carbocycles. The van der Waals surface area contributed by atoms with Gasteiger partial charge < -0.3 is 10.6 Å². The van der Waals surface area contributed by atoms with Crippen molar-refractivity contribution in [2.45, 2.75) is 6.92 Å². The highest BCUT2D eigenvalue weighted by Gasteiger charge is 2.11. The van der Waals surface area contributed by atoms with Gasteiger partial charge in [0.2, 0.25) is 0 Å². The maximum Gasteiger partial charge on any atom is 0.275 e. The van der Waals surface area contributed by atoms with Crippen LogP contribution in [-0.2, 0) is 0 Å². The van der Waals surface area contributed by atoms with E-state index in [2.05, 4.69) is 20.6 Å². The molecule has 106 valence electrons. The minimum atomic E-state index is -0.419. The Hall–Kier alpha value is -2.65. The molecule has 0 saturated heterocycles. The van der Waals surface area contributed by atoms with Gasteiger partial charge in [0.15, 0.2) is 0 Å². The van der Waals surface area contributed by atoms with Crippen LogP contribution in [0.4, 0.5) is 11.5 Å². The predicted octanol–water partition coefficient (Wildman–Crippen LogP) is 2.69. The van der Waals surface area contributed by atoms with Crippen LogP contribution in [0.5, 0.6) is 0 Å². The molecule has 0 saturated carbocycles. The minimum Gasteiger partial charge on any atom is -0.369 e. The Labute approximate surface area is 126 Å². The number of hydrogen-bond donors (Lipinski definition) is 2. The molecule has 2 aromatic rings. The van der Waals surface area contributed by atoms with Crippen molar-refractivity contribution in [3.8, 4) is 6.07 Å². The SMILES string of the molecule is CCNc1cnc(C(=O)Nc2ccc(C#N)cc2Cl)cn1. The Morgan fingerprint density at radius 1 is 1.38 bits per heavy atom. The van der Waals surface area contributed by atoms with Crippen molar-refractivity contribution in [2.24, 2.45) is 0 Å². The number of benzene rings is 1. The highest BCUT2D eigenvalue weighted by Crippen LogP contribution is 2.23. The molecular formula is C14H12ClN5O. The minimum absolute atomic E-state index is 0.178. The number of nitrogens with one attached hydrogen (secondary N) is 2. The molecular weight excluding hydrogens is 290 g/mol. The van der Waals surface area contributed by atoms with Gasteiger partial charge in [-0.25, -0.2) is 9.97 Å². The van der Waals surface area contributed by atoms with Gasteiger partial charge in [-0.15, -0.1) is 0 Å². The zero-order chi connectivity index (χ0) is 15.2. The fourth-order valence-electron chi connectivity index (χ4n) is 1.59. The molecule has 2 N–H and O–H groups in total. The molecule has 0 aliphatic carbocycles. The van der Waals surface area contributed by atoms with Crippen molar-refractivity contribution in [2.75, 3.05) is 17.2 Å². The lowest BCUT2D eigenvalue weighted by Crippen LogP contribution is -2.14. The van der Waals surface area contributed by atoms with E-state index in [1.807, 2.05) is 13.0 Å². The van der Waals surface area contributed by atoms with Crippen LogP contribution in [0.1, 0.15) is 23.0 Å². The van der Waals surface area contributed by atoms with Crippen molar-refractivity contribution in [3.05, 3.63) is 46.9 Å². The molecule has 21 heavy (non-hydrogen) atoms. The number of halogens is 1. The number of rotatable bonds is 4. The predicted molar refractivity (Wildman–Crippen MR) is 80.3 cm³/mol. The number of carbonyl (C=O) groups is 1. The normalized spacial score (nSPS) is 9.76.